The summed E-state index contributed by atoms with van der Waals surface area (Å²) >= 11 is 5.58. The highest BCUT2D eigenvalue weighted by molar-refractivity contribution is 14.1. The first-order valence-electron chi connectivity index (χ1n) is 5.52. The van der Waals surface area contributed by atoms with Crippen LogP contribution in [-0.4, -0.2) is 13.2 Å². The average Bonchev–Trinajstić information content (AvgIpc) is 2.27. The second-order valence-electron chi connectivity index (χ2n) is 4.01. The van der Waals surface area contributed by atoms with Crippen LogP contribution in [0.3, 0.4) is 0 Å². The second-order valence-corrected chi connectivity index (χ2v) is 6.09. The van der Waals surface area contributed by atoms with Gasteiger partial charge in [-0.25, -0.2) is 0 Å². The molecule has 0 heterocycles. The zero-order valence-electron chi connectivity index (χ0n) is 9.82. The lowest BCUT2D eigenvalue weighted by molar-refractivity contribution is -0.135. The average molecular weight is 436 g/mol. The molecular weight excluding hydrogens is 422 g/mol. The summed E-state index contributed by atoms with van der Waals surface area (Å²) in [5.41, 5.74) is 1.04. The fraction of sp³-hybridized carbons (Fsp3) is 0.500. The molecule has 1 atom stereocenters. The van der Waals surface area contributed by atoms with Crippen LogP contribution in [0.1, 0.15) is 30.9 Å². The van der Waals surface area contributed by atoms with Gasteiger partial charge in [-0.2, -0.15) is 13.2 Å². The zero-order chi connectivity index (χ0) is 13.8. The van der Waals surface area contributed by atoms with Gasteiger partial charge in [-0.3, -0.25) is 0 Å². The molecule has 0 spiro atoms. The summed E-state index contributed by atoms with van der Waals surface area (Å²) < 4.78 is 38.4. The van der Waals surface area contributed by atoms with E-state index in [1.54, 1.807) is 7.05 Å². The molecule has 0 saturated heterocycles. The summed E-state index contributed by atoms with van der Waals surface area (Å²) in [5.74, 6) is 0. The Hall–Kier alpha value is 0.180. The number of alkyl halides is 3. The molecule has 6 heteroatoms. The van der Waals surface area contributed by atoms with Crippen LogP contribution < -0.4 is 5.32 Å². The maximum absolute atomic E-state index is 12.1. The number of benzene rings is 1. The predicted octanol–water partition coefficient (Wildman–Crippen LogP) is 5.05. The lowest BCUT2D eigenvalue weighted by Gasteiger charge is -2.19. The smallest absolute Gasteiger partial charge is 0.313 e. The van der Waals surface area contributed by atoms with E-state index in [9.17, 15) is 13.2 Å². The first-order valence-corrected chi connectivity index (χ1v) is 7.39. The minimum Gasteiger partial charge on any atom is -0.313 e. The van der Waals surface area contributed by atoms with Gasteiger partial charge in [-0.15, -0.1) is 0 Å². The highest BCUT2D eigenvalue weighted by atomic mass is 127. The van der Waals surface area contributed by atoms with E-state index in [1.165, 1.54) is 0 Å². The summed E-state index contributed by atoms with van der Waals surface area (Å²) in [6, 6.07) is 5.79. The maximum Gasteiger partial charge on any atom is 0.389 e. The monoisotopic (exact) mass is 435 g/mol. The number of hydrogen-bond acceptors (Lipinski definition) is 1. The van der Waals surface area contributed by atoms with E-state index in [-0.39, 0.29) is 12.5 Å². The quantitative estimate of drug-likeness (QED) is 0.638. The van der Waals surface area contributed by atoms with Gasteiger partial charge in [0.25, 0.3) is 0 Å². The van der Waals surface area contributed by atoms with Crippen molar-refractivity contribution in [2.75, 3.05) is 7.05 Å². The molecule has 0 radical (unpaired) electrons. The SMILES string of the molecule is CNC(CCCC(F)(F)F)c1cc(Br)ccc1I. The summed E-state index contributed by atoms with van der Waals surface area (Å²) in [4.78, 5) is 0. The van der Waals surface area contributed by atoms with Crippen LogP contribution in [0.15, 0.2) is 22.7 Å². The van der Waals surface area contributed by atoms with Crippen LogP contribution in [0.2, 0.25) is 0 Å². The number of halogens is 5. The highest BCUT2D eigenvalue weighted by Gasteiger charge is 2.27. The highest BCUT2D eigenvalue weighted by Crippen LogP contribution is 2.29. The lowest BCUT2D eigenvalue weighted by Crippen LogP contribution is -2.18. The van der Waals surface area contributed by atoms with Crippen LogP contribution in [0.25, 0.3) is 0 Å². The molecule has 1 aromatic carbocycles. The molecular formula is C12H14BrF3IN. The molecule has 0 bridgehead atoms. The topological polar surface area (TPSA) is 12.0 Å². The van der Waals surface area contributed by atoms with Gasteiger partial charge in [-0.05, 0) is 66.2 Å². The minimum absolute atomic E-state index is 0.0447. The van der Waals surface area contributed by atoms with E-state index in [1.807, 2.05) is 18.2 Å². The summed E-state index contributed by atoms with van der Waals surface area (Å²) in [5, 5.41) is 3.08. The van der Waals surface area contributed by atoms with Crippen molar-refractivity contribution in [3.8, 4) is 0 Å². The number of hydrogen-bond donors (Lipinski definition) is 1. The lowest BCUT2D eigenvalue weighted by atomic mass is 10.0. The molecule has 0 fully saturated rings. The van der Waals surface area contributed by atoms with E-state index >= 15 is 0 Å². The Bertz CT molecular complexity index is 395. The van der Waals surface area contributed by atoms with E-state index in [0.717, 1.165) is 13.6 Å². The summed E-state index contributed by atoms with van der Waals surface area (Å²) in [6.45, 7) is 0. The van der Waals surface area contributed by atoms with E-state index in [0.29, 0.717) is 6.42 Å². The van der Waals surface area contributed by atoms with Crippen molar-refractivity contribution in [2.24, 2.45) is 0 Å². The third-order valence-electron chi connectivity index (χ3n) is 2.63. The van der Waals surface area contributed by atoms with Gasteiger partial charge in [0.05, 0.1) is 0 Å². The van der Waals surface area contributed by atoms with Crippen LogP contribution in [0.4, 0.5) is 13.2 Å². The molecule has 18 heavy (non-hydrogen) atoms. The van der Waals surface area contributed by atoms with Crippen molar-refractivity contribution in [3.05, 3.63) is 31.8 Å². The normalized spacial score (nSPS) is 13.7. The third kappa shape index (κ3) is 5.44. The standard InChI is InChI=1S/C12H14BrF3IN/c1-18-11(3-2-6-12(14,15)16)9-7-8(13)4-5-10(9)17/h4-5,7,11,18H,2-3,6H2,1H3. The molecule has 0 amide bonds. The van der Waals surface area contributed by atoms with Crippen molar-refractivity contribution in [1.29, 1.82) is 0 Å². The van der Waals surface area contributed by atoms with Crippen LogP contribution in [0, 0.1) is 3.57 Å². The molecule has 1 rings (SSSR count). The number of rotatable bonds is 5. The third-order valence-corrected chi connectivity index (χ3v) is 4.11. The fourth-order valence-corrected chi connectivity index (χ4v) is 2.83. The van der Waals surface area contributed by atoms with Crippen LogP contribution in [0.5, 0.6) is 0 Å². The molecule has 1 unspecified atom stereocenters. The Morgan fingerprint density at radius 2 is 2.06 bits per heavy atom. The molecule has 0 aliphatic carbocycles. The Balaban J connectivity index is 2.68. The molecule has 0 aliphatic heterocycles. The molecule has 0 aliphatic rings. The van der Waals surface area contributed by atoms with Crippen molar-refractivity contribution >= 4 is 38.5 Å². The Morgan fingerprint density at radius 1 is 1.39 bits per heavy atom. The Kier molecular flexibility index (Phi) is 6.40. The largest absolute Gasteiger partial charge is 0.389 e. The second kappa shape index (κ2) is 7.09. The van der Waals surface area contributed by atoms with Gasteiger partial charge >= 0.3 is 6.18 Å². The van der Waals surface area contributed by atoms with Gasteiger partial charge in [0, 0.05) is 20.5 Å². The summed E-state index contributed by atoms with van der Waals surface area (Å²) in [6.07, 6.45) is -4.18. The predicted molar refractivity (Wildman–Crippen MR) is 78.6 cm³/mol. The van der Waals surface area contributed by atoms with E-state index in [2.05, 4.69) is 43.8 Å². The molecule has 0 aromatic heterocycles. The van der Waals surface area contributed by atoms with Crippen molar-refractivity contribution < 1.29 is 13.2 Å². The maximum atomic E-state index is 12.1. The van der Waals surface area contributed by atoms with Crippen molar-refractivity contribution in [1.82, 2.24) is 5.32 Å². The first kappa shape index (κ1) is 16.2. The van der Waals surface area contributed by atoms with Gasteiger partial charge in [0.2, 0.25) is 0 Å². The zero-order valence-corrected chi connectivity index (χ0v) is 13.6. The Labute approximate surface area is 127 Å². The Morgan fingerprint density at radius 3 is 2.61 bits per heavy atom. The number of nitrogens with one attached hydrogen (secondary N) is 1. The van der Waals surface area contributed by atoms with Gasteiger partial charge in [0.15, 0.2) is 0 Å². The van der Waals surface area contributed by atoms with Crippen LogP contribution in [-0.2, 0) is 0 Å². The van der Waals surface area contributed by atoms with E-state index < -0.39 is 12.6 Å². The fourth-order valence-electron chi connectivity index (χ4n) is 1.74. The molecule has 0 saturated carbocycles. The minimum atomic E-state index is -4.07. The van der Waals surface area contributed by atoms with Gasteiger partial charge < -0.3 is 5.32 Å². The molecule has 1 aromatic rings. The van der Waals surface area contributed by atoms with Gasteiger partial charge in [-0.1, -0.05) is 15.9 Å². The molecule has 1 N–H and O–H groups in total. The first-order chi connectivity index (χ1) is 8.33. The van der Waals surface area contributed by atoms with Crippen molar-refractivity contribution in [3.63, 3.8) is 0 Å². The molecule has 102 valence electrons. The van der Waals surface area contributed by atoms with Crippen LogP contribution >= 0.6 is 38.5 Å². The van der Waals surface area contributed by atoms with Gasteiger partial charge in [0.1, 0.15) is 0 Å². The summed E-state index contributed by atoms with van der Waals surface area (Å²) in [7, 11) is 1.77. The van der Waals surface area contributed by atoms with E-state index in [4.69, 9.17) is 0 Å². The molecule has 1 nitrogen and oxygen atoms in total. The van der Waals surface area contributed by atoms with Crippen molar-refractivity contribution in [2.45, 2.75) is 31.5 Å².